The second-order valence-electron chi connectivity index (χ2n) is 6.85. The summed E-state index contributed by atoms with van der Waals surface area (Å²) >= 11 is 1.60. The highest BCUT2D eigenvalue weighted by Gasteiger charge is 2.36. The largest absolute Gasteiger partial charge is 0.478 e. The number of carbonyl (C=O) groups excluding carboxylic acids is 2. The van der Waals surface area contributed by atoms with E-state index in [1.165, 1.54) is 0 Å². The monoisotopic (exact) mass is 372 g/mol. The molecule has 0 bridgehead atoms. The van der Waals surface area contributed by atoms with Gasteiger partial charge < -0.3 is 14.5 Å². The fourth-order valence-electron chi connectivity index (χ4n) is 3.04. The molecule has 2 amide bonds. The molecule has 3 rings (SSSR count). The molecule has 0 N–H and O–H groups in total. The molecule has 0 atom stereocenters. The lowest BCUT2D eigenvalue weighted by molar-refractivity contribution is -0.149. The minimum Gasteiger partial charge on any atom is -0.478 e. The molecule has 1 aliphatic heterocycles. The average Bonchev–Trinajstić information content (AvgIpc) is 3.14. The number of piperazine rings is 1. The summed E-state index contributed by atoms with van der Waals surface area (Å²) in [7, 11) is 0. The molecule has 1 saturated heterocycles. The Morgan fingerprint density at radius 1 is 1.00 bits per heavy atom. The second-order valence-corrected chi connectivity index (χ2v) is 7.89. The van der Waals surface area contributed by atoms with Crippen molar-refractivity contribution in [3.05, 3.63) is 52.7 Å². The molecular weight excluding hydrogens is 348 g/mol. The lowest BCUT2D eigenvalue weighted by Crippen LogP contribution is -2.56. The number of para-hydroxylation sites is 1. The van der Waals surface area contributed by atoms with Gasteiger partial charge in [0.1, 0.15) is 5.75 Å². The molecule has 0 unspecified atom stereocenters. The molecule has 138 valence electrons. The maximum atomic E-state index is 12.9. The SMILES string of the molecule is CC(C)(Oc1ccccc1)C(=O)N1CCN(C(=O)Cc2cccs2)CC1. The lowest BCUT2D eigenvalue weighted by atomic mass is 10.1. The van der Waals surface area contributed by atoms with Gasteiger partial charge in [0.05, 0.1) is 6.42 Å². The third-order valence-electron chi connectivity index (χ3n) is 4.46. The van der Waals surface area contributed by atoms with Crippen molar-refractivity contribution < 1.29 is 14.3 Å². The van der Waals surface area contributed by atoms with Crippen molar-refractivity contribution >= 4 is 23.2 Å². The Labute approximate surface area is 158 Å². The van der Waals surface area contributed by atoms with Crippen LogP contribution in [0.3, 0.4) is 0 Å². The molecule has 0 radical (unpaired) electrons. The van der Waals surface area contributed by atoms with Gasteiger partial charge in [-0.1, -0.05) is 24.3 Å². The van der Waals surface area contributed by atoms with Gasteiger partial charge in [-0.25, -0.2) is 0 Å². The van der Waals surface area contributed by atoms with E-state index in [2.05, 4.69) is 0 Å². The van der Waals surface area contributed by atoms with Crippen LogP contribution in [0, 0.1) is 0 Å². The molecular formula is C20H24N2O3S. The molecule has 2 aromatic rings. The summed E-state index contributed by atoms with van der Waals surface area (Å²) in [5.74, 6) is 0.752. The van der Waals surface area contributed by atoms with Crippen LogP contribution in [-0.4, -0.2) is 53.4 Å². The highest BCUT2D eigenvalue weighted by atomic mass is 32.1. The Morgan fingerprint density at radius 2 is 1.65 bits per heavy atom. The Morgan fingerprint density at radius 3 is 2.27 bits per heavy atom. The summed E-state index contributed by atoms with van der Waals surface area (Å²) in [5.41, 5.74) is -0.940. The predicted octanol–water partition coefficient (Wildman–Crippen LogP) is 2.82. The summed E-state index contributed by atoms with van der Waals surface area (Å²) < 4.78 is 5.89. The van der Waals surface area contributed by atoms with Crippen LogP contribution in [0.4, 0.5) is 0 Å². The zero-order valence-corrected chi connectivity index (χ0v) is 16.0. The van der Waals surface area contributed by atoms with E-state index in [1.54, 1.807) is 30.1 Å². The fraction of sp³-hybridized carbons (Fsp3) is 0.400. The van der Waals surface area contributed by atoms with Crippen LogP contribution in [0.1, 0.15) is 18.7 Å². The van der Waals surface area contributed by atoms with Gasteiger partial charge in [-0.15, -0.1) is 11.3 Å². The number of ether oxygens (including phenoxy) is 1. The first-order valence-electron chi connectivity index (χ1n) is 8.79. The summed E-state index contributed by atoms with van der Waals surface area (Å²) in [6, 6.07) is 13.3. The van der Waals surface area contributed by atoms with E-state index in [0.717, 1.165) is 4.88 Å². The van der Waals surface area contributed by atoms with Crippen molar-refractivity contribution in [1.29, 1.82) is 0 Å². The quantitative estimate of drug-likeness (QED) is 0.811. The molecule has 5 nitrogen and oxygen atoms in total. The second kappa shape index (κ2) is 7.91. The first-order chi connectivity index (χ1) is 12.5. The Kier molecular flexibility index (Phi) is 5.61. The molecule has 1 fully saturated rings. The number of hydrogen-bond donors (Lipinski definition) is 0. The molecule has 0 aliphatic carbocycles. The van der Waals surface area contributed by atoms with Crippen LogP contribution in [0.25, 0.3) is 0 Å². The smallest absolute Gasteiger partial charge is 0.266 e. The van der Waals surface area contributed by atoms with Gasteiger partial charge in [0.2, 0.25) is 5.91 Å². The molecule has 6 heteroatoms. The third kappa shape index (κ3) is 4.43. The van der Waals surface area contributed by atoms with Gasteiger partial charge in [-0.05, 0) is 37.4 Å². The lowest BCUT2D eigenvalue weighted by Gasteiger charge is -2.38. The standard InChI is InChI=1S/C20H24N2O3S/c1-20(2,25-16-7-4-3-5-8-16)19(24)22-12-10-21(11-13-22)18(23)15-17-9-6-14-26-17/h3-9,14H,10-13,15H2,1-2H3. The highest BCUT2D eigenvalue weighted by Crippen LogP contribution is 2.21. The highest BCUT2D eigenvalue weighted by molar-refractivity contribution is 7.10. The van der Waals surface area contributed by atoms with Crippen LogP contribution in [0.15, 0.2) is 47.8 Å². The number of nitrogens with zero attached hydrogens (tertiary/aromatic N) is 2. The van der Waals surface area contributed by atoms with Gasteiger partial charge in [-0.3, -0.25) is 9.59 Å². The van der Waals surface area contributed by atoms with Gasteiger partial charge in [0.15, 0.2) is 5.60 Å². The van der Waals surface area contributed by atoms with Gasteiger partial charge in [0, 0.05) is 31.1 Å². The van der Waals surface area contributed by atoms with Crippen LogP contribution in [0.5, 0.6) is 5.75 Å². The summed E-state index contributed by atoms with van der Waals surface area (Å²) in [5, 5.41) is 1.98. The Balaban J connectivity index is 1.53. The van der Waals surface area contributed by atoms with E-state index in [1.807, 2.05) is 52.7 Å². The number of hydrogen-bond acceptors (Lipinski definition) is 4. The topological polar surface area (TPSA) is 49.9 Å². The normalized spacial score (nSPS) is 15.0. The first-order valence-corrected chi connectivity index (χ1v) is 9.67. The molecule has 0 saturated carbocycles. The van der Waals surface area contributed by atoms with Crippen molar-refractivity contribution in [1.82, 2.24) is 9.80 Å². The number of carbonyl (C=O) groups is 2. The van der Waals surface area contributed by atoms with Crippen LogP contribution < -0.4 is 4.74 Å². The van der Waals surface area contributed by atoms with Crippen molar-refractivity contribution in [3.8, 4) is 5.75 Å². The van der Waals surface area contributed by atoms with Gasteiger partial charge in [-0.2, -0.15) is 0 Å². The number of thiophene rings is 1. The zero-order chi connectivity index (χ0) is 18.6. The van der Waals surface area contributed by atoms with Gasteiger partial charge >= 0.3 is 0 Å². The van der Waals surface area contributed by atoms with Crippen molar-refractivity contribution in [2.24, 2.45) is 0 Å². The van der Waals surface area contributed by atoms with Gasteiger partial charge in [0.25, 0.3) is 5.91 Å². The summed E-state index contributed by atoms with van der Waals surface area (Å²) in [6.07, 6.45) is 0.439. The summed E-state index contributed by atoms with van der Waals surface area (Å²) in [6.45, 7) is 5.79. The maximum absolute atomic E-state index is 12.9. The van der Waals surface area contributed by atoms with E-state index >= 15 is 0 Å². The zero-order valence-electron chi connectivity index (χ0n) is 15.2. The minimum absolute atomic E-state index is 0.0493. The minimum atomic E-state index is -0.940. The van der Waals surface area contributed by atoms with E-state index in [0.29, 0.717) is 38.3 Å². The number of benzene rings is 1. The van der Waals surface area contributed by atoms with E-state index in [4.69, 9.17) is 4.74 Å². The summed E-state index contributed by atoms with van der Waals surface area (Å²) in [4.78, 5) is 29.9. The molecule has 26 heavy (non-hydrogen) atoms. The molecule has 1 aromatic carbocycles. The fourth-order valence-corrected chi connectivity index (χ4v) is 3.74. The van der Waals surface area contributed by atoms with E-state index < -0.39 is 5.60 Å². The van der Waals surface area contributed by atoms with E-state index in [-0.39, 0.29) is 11.8 Å². The molecule has 1 aromatic heterocycles. The van der Waals surface area contributed by atoms with Crippen molar-refractivity contribution in [2.75, 3.05) is 26.2 Å². The molecule has 0 spiro atoms. The van der Waals surface area contributed by atoms with Crippen molar-refractivity contribution in [3.63, 3.8) is 0 Å². The number of amides is 2. The van der Waals surface area contributed by atoms with Crippen LogP contribution in [-0.2, 0) is 16.0 Å². The molecule has 2 heterocycles. The predicted molar refractivity (Wildman–Crippen MR) is 102 cm³/mol. The van der Waals surface area contributed by atoms with E-state index in [9.17, 15) is 9.59 Å². The maximum Gasteiger partial charge on any atom is 0.266 e. The Hall–Kier alpha value is -2.34. The Bertz CT molecular complexity index is 736. The van der Waals surface area contributed by atoms with Crippen molar-refractivity contribution in [2.45, 2.75) is 25.9 Å². The average molecular weight is 372 g/mol. The van der Waals surface area contributed by atoms with Crippen LogP contribution in [0.2, 0.25) is 0 Å². The van der Waals surface area contributed by atoms with Crippen LogP contribution >= 0.6 is 11.3 Å². The third-order valence-corrected chi connectivity index (χ3v) is 5.33. The number of rotatable bonds is 5. The molecule has 1 aliphatic rings. The first kappa shape index (κ1) is 18.5.